The summed E-state index contributed by atoms with van der Waals surface area (Å²) >= 11 is 7.74. The van der Waals surface area contributed by atoms with Crippen LogP contribution >= 0.6 is 23.4 Å². The van der Waals surface area contributed by atoms with Gasteiger partial charge in [0.1, 0.15) is 12.4 Å². The Labute approximate surface area is 149 Å². The summed E-state index contributed by atoms with van der Waals surface area (Å²) < 4.78 is 7.31. The molecule has 24 heavy (non-hydrogen) atoms. The van der Waals surface area contributed by atoms with Gasteiger partial charge in [0.05, 0.1) is 17.7 Å². The maximum Gasteiger partial charge on any atom is 0.244 e. The number of halogens is 1. The fourth-order valence-corrected chi connectivity index (χ4v) is 3.44. The second-order valence-corrected chi connectivity index (χ2v) is 6.88. The van der Waals surface area contributed by atoms with E-state index in [0.29, 0.717) is 23.9 Å². The Balaban J connectivity index is 1.68. The first kappa shape index (κ1) is 17.2. The van der Waals surface area contributed by atoms with Crippen molar-refractivity contribution in [2.45, 2.75) is 29.1 Å². The van der Waals surface area contributed by atoms with E-state index in [1.54, 1.807) is 12.4 Å². The molecule has 128 valence electrons. The molecular formula is C15H18ClN5O2S. The Bertz CT molecular complexity index is 738. The summed E-state index contributed by atoms with van der Waals surface area (Å²) in [7, 11) is 1.87. The highest BCUT2D eigenvalue weighted by Crippen LogP contribution is 2.33. The number of hydrogen-bond donors (Lipinski definition) is 2. The van der Waals surface area contributed by atoms with E-state index in [1.165, 1.54) is 11.8 Å². The molecule has 2 N–H and O–H groups in total. The molecule has 7 nitrogen and oxygen atoms in total. The lowest BCUT2D eigenvalue weighted by Crippen LogP contribution is -2.53. The summed E-state index contributed by atoms with van der Waals surface area (Å²) in [5.41, 5.74) is 0.645. The van der Waals surface area contributed by atoms with Gasteiger partial charge in [0.2, 0.25) is 5.91 Å². The van der Waals surface area contributed by atoms with Crippen LogP contribution in [0.3, 0.4) is 0 Å². The maximum atomic E-state index is 12.4. The van der Waals surface area contributed by atoms with Crippen LogP contribution in [0.25, 0.3) is 0 Å². The molecule has 1 aliphatic rings. The maximum absolute atomic E-state index is 12.4. The van der Waals surface area contributed by atoms with Crippen LogP contribution in [-0.2, 0) is 16.6 Å². The summed E-state index contributed by atoms with van der Waals surface area (Å²) in [6, 6.07) is 5.03. The molecule has 1 aliphatic heterocycles. The molecule has 1 aromatic heterocycles. The first-order valence-electron chi connectivity index (χ1n) is 7.52. The standard InChI is InChI=1S/C15H18ClN5O2S/c1-9-13(17-5-6-23-9)14(22)19-10-3-4-12(11(16)7-10)24-15-20-18-8-21(15)2/h3-4,7-9,13,17H,5-6H2,1-2H3,(H,19,22)/t9-,13+/m1/s1. The summed E-state index contributed by atoms with van der Waals surface area (Å²) in [4.78, 5) is 13.2. The molecule has 9 heteroatoms. The van der Waals surface area contributed by atoms with Gasteiger partial charge in [-0.15, -0.1) is 10.2 Å². The predicted molar refractivity (Wildman–Crippen MR) is 92.4 cm³/mol. The monoisotopic (exact) mass is 367 g/mol. The number of ether oxygens (including phenoxy) is 1. The van der Waals surface area contributed by atoms with Crippen LogP contribution in [0.15, 0.2) is 34.6 Å². The number of nitrogens with zero attached hydrogens (tertiary/aromatic N) is 3. The number of morpholine rings is 1. The van der Waals surface area contributed by atoms with Gasteiger partial charge in [-0.2, -0.15) is 0 Å². The van der Waals surface area contributed by atoms with Crippen molar-refractivity contribution >= 4 is 35.0 Å². The topological polar surface area (TPSA) is 81.1 Å². The van der Waals surface area contributed by atoms with E-state index in [1.807, 2.05) is 30.7 Å². The zero-order chi connectivity index (χ0) is 17.1. The molecule has 1 amide bonds. The Hall–Kier alpha value is -1.61. The molecule has 2 aromatic rings. The lowest BCUT2D eigenvalue weighted by molar-refractivity contribution is -0.123. The van der Waals surface area contributed by atoms with Gasteiger partial charge < -0.3 is 19.9 Å². The number of aromatic nitrogens is 3. The van der Waals surface area contributed by atoms with E-state index >= 15 is 0 Å². The Kier molecular flexibility index (Phi) is 5.40. The van der Waals surface area contributed by atoms with Crippen LogP contribution < -0.4 is 10.6 Å². The third-order valence-electron chi connectivity index (χ3n) is 3.67. The molecular weight excluding hydrogens is 350 g/mol. The normalized spacial score (nSPS) is 20.8. The van der Waals surface area contributed by atoms with Gasteiger partial charge in [0, 0.05) is 24.2 Å². The van der Waals surface area contributed by atoms with E-state index in [9.17, 15) is 4.79 Å². The van der Waals surface area contributed by atoms with Crippen molar-refractivity contribution in [2.24, 2.45) is 7.05 Å². The molecule has 0 spiro atoms. The minimum atomic E-state index is -0.370. The first-order chi connectivity index (χ1) is 11.5. The molecule has 1 fully saturated rings. The number of aryl methyl sites for hydroxylation is 1. The summed E-state index contributed by atoms with van der Waals surface area (Å²) in [5.74, 6) is -0.132. The summed E-state index contributed by atoms with van der Waals surface area (Å²) in [5, 5.41) is 15.2. The Morgan fingerprint density at radius 3 is 3.04 bits per heavy atom. The number of carbonyl (C=O) groups is 1. The van der Waals surface area contributed by atoms with Gasteiger partial charge in [-0.05, 0) is 36.9 Å². The van der Waals surface area contributed by atoms with Gasteiger partial charge in [-0.1, -0.05) is 11.6 Å². The van der Waals surface area contributed by atoms with Gasteiger partial charge in [-0.3, -0.25) is 4.79 Å². The number of carbonyl (C=O) groups excluding carboxylic acids is 1. The highest BCUT2D eigenvalue weighted by atomic mass is 35.5. The number of hydrogen-bond acceptors (Lipinski definition) is 6. The van der Waals surface area contributed by atoms with Crippen molar-refractivity contribution in [3.63, 3.8) is 0 Å². The molecule has 0 aliphatic carbocycles. The van der Waals surface area contributed by atoms with E-state index in [4.69, 9.17) is 16.3 Å². The fourth-order valence-electron chi connectivity index (χ4n) is 2.37. The van der Waals surface area contributed by atoms with Crippen molar-refractivity contribution < 1.29 is 9.53 Å². The van der Waals surface area contributed by atoms with Gasteiger partial charge in [-0.25, -0.2) is 0 Å². The number of rotatable bonds is 4. The summed E-state index contributed by atoms with van der Waals surface area (Å²) in [6.07, 6.45) is 1.46. The van der Waals surface area contributed by atoms with Crippen LogP contribution in [0.4, 0.5) is 5.69 Å². The highest BCUT2D eigenvalue weighted by Gasteiger charge is 2.28. The Morgan fingerprint density at radius 1 is 1.54 bits per heavy atom. The molecule has 1 saturated heterocycles. The van der Waals surface area contributed by atoms with Gasteiger partial charge in [0.15, 0.2) is 5.16 Å². The van der Waals surface area contributed by atoms with Crippen molar-refractivity contribution in [1.82, 2.24) is 20.1 Å². The van der Waals surface area contributed by atoms with Crippen LogP contribution in [0.5, 0.6) is 0 Å². The molecule has 0 saturated carbocycles. The highest BCUT2D eigenvalue weighted by molar-refractivity contribution is 7.99. The lowest BCUT2D eigenvalue weighted by atomic mass is 10.1. The average molecular weight is 368 g/mol. The van der Waals surface area contributed by atoms with Gasteiger partial charge in [0.25, 0.3) is 0 Å². The molecule has 2 heterocycles. The minimum absolute atomic E-state index is 0.132. The predicted octanol–water partition coefficient (Wildman–Crippen LogP) is 1.94. The number of anilines is 1. The van der Waals surface area contributed by atoms with Crippen molar-refractivity contribution in [3.05, 3.63) is 29.5 Å². The molecule has 0 bridgehead atoms. The second kappa shape index (κ2) is 7.52. The fraction of sp³-hybridized carbons (Fsp3) is 0.400. The van der Waals surface area contributed by atoms with Crippen LogP contribution in [0.2, 0.25) is 5.02 Å². The zero-order valence-electron chi connectivity index (χ0n) is 13.3. The van der Waals surface area contributed by atoms with E-state index in [0.717, 1.165) is 10.1 Å². The second-order valence-electron chi connectivity index (χ2n) is 5.47. The van der Waals surface area contributed by atoms with Crippen LogP contribution in [0.1, 0.15) is 6.92 Å². The minimum Gasteiger partial charge on any atom is -0.375 e. The van der Waals surface area contributed by atoms with E-state index < -0.39 is 0 Å². The lowest BCUT2D eigenvalue weighted by Gasteiger charge is -2.29. The van der Waals surface area contributed by atoms with E-state index in [-0.39, 0.29) is 18.1 Å². The van der Waals surface area contributed by atoms with Crippen molar-refractivity contribution in [2.75, 3.05) is 18.5 Å². The molecule has 2 atom stereocenters. The number of benzene rings is 1. The van der Waals surface area contributed by atoms with Crippen molar-refractivity contribution in [1.29, 1.82) is 0 Å². The third kappa shape index (κ3) is 3.89. The molecule has 0 radical (unpaired) electrons. The Morgan fingerprint density at radius 2 is 2.38 bits per heavy atom. The quantitative estimate of drug-likeness (QED) is 0.859. The molecule has 1 aromatic carbocycles. The first-order valence-corrected chi connectivity index (χ1v) is 8.71. The largest absolute Gasteiger partial charge is 0.375 e. The van der Waals surface area contributed by atoms with Crippen LogP contribution in [-0.4, -0.2) is 46.0 Å². The average Bonchev–Trinajstić information content (AvgIpc) is 2.95. The SMILES string of the molecule is C[C@H]1OCCN[C@@H]1C(=O)Nc1ccc(Sc2nncn2C)c(Cl)c1. The van der Waals surface area contributed by atoms with Crippen LogP contribution in [0, 0.1) is 0 Å². The van der Waals surface area contributed by atoms with Gasteiger partial charge >= 0.3 is 0 Å². The zero-order valence-corrected chi connectivity index (χ0v) is 14.9. The number of amides is 1. The van der Waals surface area contributed by atoms with Crippen molar-refractivity contribution in [3.8, 4) is 0 Å². The third-order valence-corrected chi connectivity index (χ3v) is 5.22. The van der Waals surface area contributed by atoms with E-state index in [2.05, 4.69) is 20.8 Å². The summed E-state index contributed by atoms with van der Waals surface area (Å²) in [6.45, 7) is 3.16. The molecule has 0 unspecified atom stereocenters. The number of nitrogens with one attached hydrogen (secondary N) is 2. The molecule has 3 rings (SSSR count). The smallest absolute Gasteiger partial charge is 0.244 e.